The largest absolute Gasteiger partial charge is 0.273 e. The zero-order valence-electron chi connectivity index (χ0n) is 8.45. The lowest BCUT2D eigenvalue weighted by Gasteiger charge is -2.22. The molecule has 0 bridgehead atoms. The van der Waals surface area contributed by atoms with E-state index in [-0.39, 0.29) is 11.8 Å². The number of hydrogen-bond donors (Lipinski definition) is 1. The van der Waals surface area contributed by atoms with Crippen molar-refractivity contribution in [2.75, 3.05) is 0 Å². The van der Waals surface area contributed by atoms with E-state index in [0.717, 1.165) is 25.7 Å². The number of rotatable bonds is 6. The van der Waals surface area contributed by atoms with Crippen molar-refractivity contribution in [3.05, 3.63) is 12.3 Å². The predicted molar refractivity (Wildman–Crippen MR) is 52.9 cm³/mol. The highest BCUT2D eigenvalue weighted by Crippen LogP contribution is 2.04. The lowest BCUT2D eigenvalue weighted by molar-refractivity contribution is -0.137. The molecule has 0 unspecified atom stereocenters. The van der Waals surface area contributed by atoms with Crippen molar-refractivity contribution in [1.29, 1.82) is 0 Å². The van der Waals surface area contributed by atoms with Gasteiger partial charge < -0.3 is 0 Å². The van der Waals surface area contributed by atoms with Crippen LogP contribution in [0.2, 0.25) is 0 Å². The second-order valence-corrected chi connectivity index (χ2v) is 3.37. The molecule has 0 spiro atoms. The molecular formula is C10H16N2O2. The van der Waals surface area contributed by atoms with Gasteiger partial charge in [0.25, 0.3) is 5.91 Å². The van der Waals surface area contributed by atoms with E-state index in [9.17, 15) is 9.59 Å². The van der Waals surface area contributed by atoms with E-state index in [0.29, 0.717) is 6.42 Å². The molecule has 1 aliphatic heterocycles. The minimum absolute atomic E-state index is 0.0844. The number of carbonyl (C=O) groups excluding carboxylic acids is 2. The van der Waals surface area contributed by atoms with Gasteiger partial charge in [-0.1, -0.05) is 26.2 Å². The zero-order chi connectivity index (χ0) is 10.4. The summed E-state index contributed by atoms with van der Waals surface area (Å²) in [6, 6.07) is 0. The number of nitrogens with zero attached hydrogens (tertiary/aromatic N) is 1. The van der Waals surface area contributed by atoms with Crippen molar-refractivity contribution in [1.82, 2.24) is 10.4 Å². The molecule has 4 heteroatoms. The Bertz CT molecular complexity index is 249. The van der Waals surface area contributed by atoms with E-state index in [4.69, 9.17) is 0 Å². The van der Waals surface area contributed by atoms with Crippen LogP contribution in [-0.2, 0) is 9.59 Å². The Hall–Kier alpha value is -1.32. The molecule has 0 fully saturated rings. The molecule has 0 atom stereocenters. The van der Waals surface area contributed by atoms with Gasteiger partial charge in [-0.2, -0.15) is 0 Å². The standard InChI is InChI=1S/C10H16N2O2/c1-2-3-4-5-6-9(13)11-12-8-7-10(12)14/h7-8H,2-6H2,1H3,(H,11,13). The van der Waals surface area contributed by atoms with Gasteiger partial charge >= 0.3 is 0 Å². The number of unbranched alkanes of at least 4 members (excludes halogenated alkanes) is 3. The normalized spacial score (nSPS) is 14.1. The summed E-state index contributed by atoms with van der Waals surface area (Å²) in [5, 5.41) is 1.21. The molecule has 0 aromatic rings. The number of hydrogen-bond acceptors (Lipinski definition) is 2. The monoisotopic (exact) mass is 196 g/mol. The Morgan fingerprint density at radius 2 is 2.21 bits per heavy atom. The maximum Gasteiger partial charge on any atom is 0.270 e. The number of hydrazine groups is 1. The van der Waals surface area contributed by atoms with Crippen LogP contribution < -0.4 is 5.43 Å². The fourth-order valence-electron chi connectivity index (χ4n) is 1.20. The molecule has 1 aliphatic rings. The first-order valence-corrected chi connectivity index (χ1v) is 5.05. The first-order chi connectivity index (χ1) is 6.74. The smallest absolute Gasteiger partial charge is 0.270 e. The Balaban J connectivity index is 2.05. The highest BCUT2D eigenvalue weighted by Gasteiger charge is 2.17. The fraction of sp³-hybridized carbons (Fsp3) is 0.600. The highest BCUT2D eigenvalue weighted by atomic mass is 16.2. The summed E-state index contributed by atoms with van der Waals surface area (Å²) in [4.78, 5) is 22.0. The average molecular weight is 196 g/mol. The van der Waals surface area contributed by atoms with E-state index in [1.807, 2.05) is 0 Å². The van der Waals surface area contributed by atoms with E-state index in [1.54, 1.807) is 6.20 Å². The number of amides is 2. The molecule has 4 nitrogen and oxygen atoms in total. The molecule has 14 heavy (non-hydrogen) atoms. The van der Waals surface area contributed by atoms with E-state index >= 15 is 0 Å². The van der Waals surface area contributed by atoms with Crippen LogP contribution >= 0.6 is 0 Å². The summed E-state index contributed by atoms with van der Waals surface area (Å²) in [5.41, 5.74) is 2.50. The SMILES string of the molecule is CCCCCCC(=O)NN1C=CC1=O. The predicted octanol–water partition coefficient (Wildman–Crippen LogP) is 1.34. The van der Waals surface area contributed by atoms with Crippen LogP contribution in [0.4, 0.5) is 0 Å². The van der Waals surface area contributed by atoms with Crippen molar-refractivity contribution in [3.63, 3.8) is 0 Å². The van der Waals surface area contributed by atoms with Crippen molar-refractivity contribution < 1.29 is 9.59 Å². The topological polar surface area (TPSA) is 49.4 Å². The maximum absolute atomic E-state index is 11.2. The summed E-state index contributed by atoms with van der Waals surface area (Å²) < 4.78 is 0. The van der Waals surface area contributed by atoms with Crippen LogP contribution in [0.15, 0.2) is 12.3 Å². The Kier molecular flexibility index (Phi) is 4.16. The molecule has 0 radical (unpaired) electrons. The molecule has 0 aromatic carbocycles. The Labute approximate surface area is 83.9 Å². The second-order valence-electron chi connectivity index (χ2n) is 3.37. The van der Waals surface area contributed by atoms with E-state index < -0.39 is 0 Å². The van der Waals surface area contributed by atoms with Crippen LogP contribution in [0.1, 0.15) is 39.0 Å². The third-order valence-corrected chi connectivity index (χ3v) is 2.11. The fourth-order valence-corrected chi connectivity index (χ4v) is 1.20. The van der Waals surface area contributed by atoms with Crippen molar-refractivity contribution in [2.45, 2.75) is 39.0 Å². The number of nitrogens with one attached hydrogen (secondary N) is 1. The molecule has 0 aromatic heterocycles. The molecule has 1 heterocycles. The van der Waals surface area contributed by atoms with Crippen LogP contribution in [0, 0.1) is 0 Å². The molecule has 0 saturated heterocycles. The first-order valence-electron chi connectivity index (χ1n) is 5.05. The van der Waals surface area contributed by atoms with Crippen LogP contribution in [0.3, 0.4) is 0 Å². The molecule has 1 N–H and O–H groups in total. The third-order valence-electron chi connectivity index (χ3n) is 2.11. The van der Waals surface area contributed by atoms with Gasteiger partial charge in [0.05, 0.1) is 0 Å². The van der Waals surface area contributed by atoms with Crippen LogP contribution in [0.25, 0.3) is 0 Å². The van der Waals surface area contributed by atoms with Gasteiger partial charge in [-0.25, -0.2) is 5.01 Å². The molecule has 1 rings (SSSR count). The van der Waals surface area contributed by atoms with E-state index in [2.05, 4.69) is 12.3 Å². The minimum atomic E-state index is -0.160. The van der Waals surface area contributed by atoms with E-state index in [1.165, 1.54) is 11.1 Å². The quantitative estimate of drug-likeness (QED) is 0.652. The van der Waals surface area contributed by atoms with Crippen molar-refractivity contribution >= 4 is 11.8 Å². The van der Waals surface area contributed by atoms with Gasteiger partial charge in [0.15, 0.2) is 0 Å². The molecule has 78 valence electrons. The second kappa shape index (κ2) is 5.42. The summed E-state index contributed by atoms with van der Waals surface area (Å²) >= 11 is 0. The lowest BCUT2D eigenvalue weighted by Crippen LogP contribution is -2.46. The van der Waals surface area contributed by atoms with Crippen LogP contribution in [-0.4, -0.2) is 16.8 Å². The van der Waals surface area contributed by atoms with Gasteiger partial charge in [-0.05, 0) is 6.42 Å². The lowest BCUT2D eigenvalue weighted by atomic mass is 10.1. The summed E-state index contributed by atoms with van der Waals surface area (Å²) in [5.74, 6) is -0.245. The molecule has 2 amide bonds. The average Bonchev–Trinajstić information content (AvgIpc) is 2.19. The zero-order valence-corrected chi connectivity index (χ0v) is 8.45. The van der Waals surface area contributed by atoms with Crippen LogP contribution in [0.5, 0.6) is 0 Å². The van der Waals surface area contributed by atoms with Gasteiger partial charge in [-0.3, -0.25) is 15.0 Å². The minimum Gasteiger partial charge on any atom is -0.273 e. The van der Waals surface area contributed by atoms with Gasteiger partial charge in [0.2, 0.25) is 5.91 Å². The highest BCUT2D eigenvalue weighted by molar-refractivity contribution is 5.95. The third kappa shape index (κ3) is 3.20. The summed E-state index contributed by atoms with van der Waals surface area (Å²) in [6.45, 7) is 2.13. The Morgan fingerprint density at radius 1 is 1.43 bits per heavy atom. The summed E-state index contributed by atoms with van der Waals surface area (Å²) in [7, 11) is 0. The van der Waals surface area contributed by atoms with Gasteiger partial charge in [-0.15, -0.1) is 0 Å². The summed E-state index contributed by atoms with van der Waals surface area (Å²) in [6.07, 6.45) is 7.76. The van der Waals surface area contributed by atoms with Crippen molar-refractivity contribution in [3.8, 4) is 0 Å². The van der Waals surface area contributed by atoms with Crippen molar-refractivity contribution in [2.24, 2.45) is 0 Å². The number of carbonyl (C=O) groups is 2. The first kappa shape index (κ1) is 10.8. The van der Waals surface area contributed by atoms with Gasteiger partial charge in [0, 0.05) is 18.7 Å². The van der Waals surface area contributed by atoms with Gasteiger partial charge in [0.1, 0.15) is 0 Å². The molecule has 0 aliphatic carbocycles. The molecule has 0 saturated carbocycles. The Morgan fingerprint density at radius 3 is 2.71 bits per heavy atom. The maximum atomic E-state index is 11.2. The molecular weight excluding hydrogens is 180 g/mol.